The quantitative estimate of drug-likeness (QED) is 0.864. The third kappa shape index (κ3) is 2.93. The predicted octanol–water partition coefficient (Wildman–Crippen LogP) is 1.29. The molecule has 0 atom stereocenters. The minimum atomic E-state index is -1.20. The number of hydrogen-bond donors (Lipinski definition) is 2. The van der Waals surface area contributed by atoms with Gasteiger partial charge in [-0.15, -0.1) is 0 Å². The first-order valence-electron chi connectivity index (χ1n) is 6.55. The maximum Gasteiger partial charge on any atom is 0.354 e. The van der Waals surface area contributed by atoms with Gasteiger partial charge < -0.3 is 10.4 Å². The molecule has 8 heteroatoms. The maximum atomic E-state index is 12.2. The number of nitrogens with one attached hydrogen (secondary N) is 1. The van der Waals surface area contributed by atoms with Crippen molar-refractivity contribution in [1.82, 2.24) is 19.6 Å². The highest BCUT2D eigenvalue weighted by Crippen LogP contribution is 2.14. The lowest BCUT2D eigenvalue weighted by Gasteiger charge is -2.07. The first kappa shape index (κ1) is 14.8. The molecule has 0 aliphatic rings. The van der Waals surface area contributed by atoms with Crippen molar-refractivity contribution in [3.63, 3.8) is 0 Å². The van der Waals surface area contributed by atoms with Crippen molar-refractivity contribution in [1.29, 1.82) is 0 Å². The molecule has 2 N–H and O–H groups in total. The number of hydrogen-bond acceptors (Lipinski definition) is 4. The number of anilines is 1. The SMILES string of the molecule is CCCn1nc(C)cc1NC(=O)c1cnn(C)c1C(=O)O. The van der Waals surface area contributed by atoms with Gasteiger partial charge >= 0.3 is 5.97 Å². The van der Waals surface area contributed by atoms with E-state index >= 15 is 0 Å². The molecule has 0 bridgehead atoms. The van der Waals surface area contributed by atoms with Gasteiger partial charge in [-0.3, -0.25) is 9.48 Å². The minimum absolute atomic E-state index is 0.0203. The van der Waals surface area contributed by atoms with Crippen LogP contribution in [0, 0.1) is 6.92 Å². The Kier molecular flexibility index (Phi) is 4.06. The number of aromatic nitrogens is 4. The van der Waals surface area contributed by atoms with E-state index in [4.69, 9.17) is 5.11 Å². The second-order valence-electron chi connectivity index (χ2n) is 4.68. The van der Waals surface area contributed by atoms with Gasteiger partial charge in [0.15, 0.2) is 5.69 Å². The molecular formula is C13H17N5O3. The van der Waals surface area contributed by atoms with Crippen LogP contribution >= 0.6 is 0 Å². The van der Waals surface area contributed by atoms with E-state index in [0.717, 1.165) is 16.8 Å². The number of carbonyl (C=O) groups is 2. The first-order chi connectivity index (χ1) is 9.93. The number of rotatable bonds is 5. The number of aryl methyl sites for hydroxylation is 3. The Hall–Kier alpha value is -2.64. The van der Waals surface area contributed by atoms with Crippen molar-refractivity contribution in [2.24, 2.45) is 7.05 Å². The topological polar surface area (TPSA) is 102 Å². The number of nitrogens with zero attached hydrogens (tertiary/aromatic N) is 4. The molecule has 0 saturated carbocycles. The Balaban J connectivity index is 2.28. The highest BCUT2D eigenvalue weighted by molar-refractivity contribution is 6.09. The zero-order valence-corrected chi connectivity index (χ0v) is 12.1. The maximum absolute atomic E-state index is 12.2. The molecule has 2 heterocycles. The highest BCUT2D eigenvalue weighted by atomic mass is 16.4. The molecule has 21 heavy (non-hydrogen) atoms. The van der Waals surface area contributed by atoms with Crippen LogP contribution < -0.4 is 5.32 Å². The molecule has 2 aromatic rings. The van der Waals surface area contributed by atoms with Crippen LogP contribution in [0.2, 0.25) is 0 Å². The Bertz CT molecular complexity index is 686. The van der Waals surface area contributed by atoms with Crippen LogP contribution in [-0.4, -0.2) is 36.5 Å². The molecular weight excluding hydrogens is 274 g/mol. The fraction of sp³-hybridized carbons (Fsp3) is 0.385. The van der Waals surface area contributed by atoms with Gasteiger partial charge in [-0.2, -0.15) is 10.2 Å². The highest BCUT2D eigenvalue weighted by Gasteiger charge is 2.22. The second-order valence-corrected chi connectivity index (χ2v) is 4.68. The summed E-state index contributed by atoms with van der Waals surface area (Å²) in [5, 5.41) is 19.9. The Morgan fingerprint density at radius 2 is 2.14 bits per heavy atom. The van der Waals surface area contributed by atoms with Crippen LogP contribution in [0.1, 0.15) is 39.9 Å². The van der Waals surface area contributed by atoms with E-state index in [1.54, 1.807) is 10.7 Å². The van der Waals surface area contributed by atoms with E-state index < -0.39 is 11.9 Å². The van der Waals surface area contributed by atoms with Gasteiger partial charge in [-0.25, -0.2) is 9.48 Å². The summed E-state index contributed by atoms with van der Waals surface area (Å²) in [4.78, 5) is 23.4. The van der Waals surface area contributed by atoms with E-state index in [0.29, 0.717) is 12.4 Å². The van der Waals surface area contributed by atoms with Gasteiger partial charge in [0.05, 0.1) is 17.5 Å². The van der Waals surface area contributed by atoms with Gasteiger partial charge in [0.25, 0.3) is 5.91 Å². The summed E-state index contributed by atoms with van der Waals surface area (Å²) in [5.41, 5.74) is 0.654. The lowest BCUT2D eigenvalue weighted by Crippen LogP contribution is -2.19. The molecule has 0 aromatic carbocycles. The van der Waals surface area contributed by atoms with Gasteiger partial charge in [0.2, 0.25) is 0 Å². The van der Waals surface area contributed by atoms with E-state index in [9.17, 15) is 9.59 Å². The van der Waals surface area contributed by atoms with Crippen molar-refractivity contribution in [3.05, 3.63) is 29.2 Å². The van der Waals surface area contributed by atoms with Crippen LogP contribution in [0.25, 0.3) is 0 Å². The molecule has 0 radical (unpaired) electrons. The smallest absolute Gasteiger partial charge is 0.354 e. The normalized spacial score (nSPS) is 10.6. The molecule has 112 valence electrons. The van der Waals surface area contributed by atoms with Crippen molar-refractivity contribution in [3.8, 4) is 0 Å². The summed E-state index contributed by atoms with van der Waals surface area (Å²) in [6, 6.07) is 1.74. The van der Waals surface area contributed by atoms with Crippen LogP contribution in [0.15, 0.2) is 12.3 Å². The van der Waals surface area contributed by atoms with E-state index in [1.807, 2.05) is 13.8 Å². The molecule has 8 nitrogen and oxygen atoms in total. The molecule has 0 saturated heterocycles. The summed E-state index contributed by atoms with van der Waals surface area (Å²) < 4.78 is 2.84. The predicted molar refractivity (Wildman–Crippen MR) is 75.4 cm³/mol. The third-order valence-corrected chi connectivity index (χ3v) is 2.97. The number of amides is 1. The summed E-state index contributed by atoms with van der Waals surface area (Å²) in [5.74, 6) is -1.17. The van der Waals surface area contributed by atoms with Gasteiger partial charge in [0.1, 0.15) is 5.82 Å². The van der Waals surface area contributed by atoms with E-state index in [1.165, 1.54) is 13.2 Å². The lowest BCUT2D eigenvalue weighted by molar-refractivity contribution is 0.0680. The minimum Gasteiger partial charge on any atom is -0.477 e. The summed E-state index contributed by atoms with van der Waals surface area (Å²) in [7, 11) is 1.48. The van der Waals surface area contributed by atoms with Crippen LogP contribution in [-0.2, 0) is 13.6 Å². The number of aromatic carboxylic acids is 1. The van der Waals surface area contributed by atoms with Crippen molar-refractivity contribution in [2.45, 2.75) is 26.8 Å². The van der Waals surface area contributed by atoms with Crippen LogP contribution in [0.4, 0.5) is 5.82 Å². The number of carboxylic acid groups (broad SMARTS) is 1. The summed E-state index contributed by atoms with van der Waals surface area (Å²) in [6.45, 7) is 4.50. The fourth-order valence-electron chi connectivity index (χ4n) is 2.07. The van der Waals surface area contributed by atoms with Gasteiger partial charge in [-0.1, -0.05) is 6.92 Å². The van der Waals surface area contributed by atoms with E-state index in [2.05, 4.69) is 15.5 Å². The van der Waals surface area contributed by atoms with Crippen LogP contribution in [0.3, 0.4) is 0 Å². The second kappa shape index (κ2) is 5.78. The summed E-state index contributed by atoms with van der Waals surface area (Å²) >= 11 is 0. The molecule has 0 fully saturated rings. The van der Waals surface area contributed by atoms with Gasteiger partial charge in [-0.05, 0) is 13.3 Å². The van der Waals surface area contributed by atoms with Gasteiger partial charge in [0, 0.05) is 19.7 Å². The molecule has 0 aliphatic carbocycles. The third-order valence-electron chi connectivity index (χ3n) is 2.97. The van der Waals surface area contributed by atoms with Crippen molar-refractivity contribution in [2.75, 3.05) is 5.32 Å². The average Bonchev–Trinajstić information content (AvgIpc) is 2.93. The largest absolute Gasteiger partial charge is 0.477 e. The van der Waals surface area contributed by atoms with Crippen molar-refractivity contribution < 1.29 is 14.7 Å². The molecule has 2 rings (SSSR count). The zero-order chi connectivity index (χ0) is 15.6. The molecule has 1 amide bonds. The Morgan fingerprint density at radius 3 is 2.76 bits per heavy atom. The Labute approximate surface area is 121 Å². The monoisotopic (exact) mass is 291 g/mol. The number of carbonyl (C=O) groups excluding carboxylic acids is 1. The molecule has 0 aliphatic heterocycles. The fourth-order valence-corrected chi connectivity index (χ4v) is 2.07. The standard InChI is InChI=1S/C13H17N5O3/c1-4-5-18-10(6-8(2)16-18)15-12(19)9-7-14-17(3)11(9)13(20)21/h6-7H,4-5H2,1-3H3,(H,15,19)(H,20,21). The zero-order valence-electron chi connectivity index (χ0n) is 12.1. The molecule has 0 spiro atoms. The first-order valence-corrected chi connectivity index (χ1v) is 6.55. The lowest BCUT2D eigenvalue weighted by atomic mass is 10.2. The summed E-state index contributed by atoms with van der Waals surface area (Å²) in [6.07, 6.45) is 2.11. The average molecular weight is 291 g/mol. The van der Waals surface area contributed by atoms with Crippen molar-refractivity contribution >= 4 is 17.7 Å². The van der Waals surface area contributed by atoms with E-state index in [-0.39, 0.29) is 11.3 Å². The van der Waals surface area contributed by atoms with Crippen LogP contribution in [0.5, 0.6) is 0 Å². The Morgan fingerprint density at radius 1 is 1.43 bits per heavy atom. The number of carboxylic acids is 1. The molecule has 2 aromatic heterocycles. The molecule has 0 unspecified atom stereocenters.